The molecule has 0 unspecified atom stereocenters. The zero-order valence-corrected chi connectivity index (χ0v) is 7.89. The second-order valence-corrected chi connectivity index (χ2v) is 3.17. The highest BCUT2D eigenvalue weighted by atomic mass is 35.5. The van der Waals surface area contributed by atoms with Crippen LogP contribution in [0.2, 0.25) is 5.02 Å². The van der Waals surface area contributed by atoms with Gasteiger partial charge in [0.25, 0.3) is 5.69 Å². The Morgan fingerprint density at radius 1 is 1.57 bits per heavy atom. The smallest absolute Gasteiger partial charge is 0.258 e. The molecular weight excluding hydrogens is 208 g/mol. The number of hydrogen-bond donors (Lipinski definition) is 0. The van der Waals surface area contributed by atoms with Crippen molar-refractivity contribution in [3.8, 4) is 0 Å². The number of fused-ring (bicyclic) bond motifs is 1. The zero-order chi connectivity index (χ0) is 10.3. The molecular formula is C7H5ClN4O2. The molecule has 72 valence electrons. The predicted octanol–water partition coefficient (Wildman–Crippen LogP) is 1.53. The van der Waals surface area contributed by atoms with Crippen LogP contribution in [0.3, 0.4) is 0 Å². The van der Waals surface area contributed by atoms with Gasteiger partial charge >= 0.3 is 0 Å². The van der Waals surface area contributed by atoms with Gasteiger partial charge in [-0.1, -0.05) is 16.8 Å². The number of benzene rings is 1. The van der Waals surface area contributed by atoms with Crippen LogP contribution in [0.15, 0.2) is 12.1 Å². The highest BCUT2D eigenvalue weighted by Gasteiger charge is 2.15. The molecule has 1 aromatic carbocycles. The lowest BCUT2D eigenvalue weighted by molar-refractivity contribution is -0.384. The maximum atomic E-state index is 10.5. The second kappa shape index (κ2) is 2.91. The van der Waals surface area contributed by atoms with E-state index in [1.165, 1.54) is 16.8 Å². The first kappa shape index (κ1) is 8.89. The summed E-state index contributed by atoms with van der Waals surface area (Å²) in [7, 11) is 1.69. The first-order valence-electron chi connectivity index (χ1n) is 3.73. The maximum absolute atomic E-state index is 10.5. The summed E-state index contributed by atoms with van der Waals surface area (Å²) in [5, 5.41) is 18.1. The molecule has 0 N–H and O–H groups in total. The highest BCUT2D eigenvalue weighted by molar-refractivity contribution is 6.33. The topological polar surface area (TPSA) is 73.8 Å². The summed E-state index contributed by atoms with van der Waals surface area (Å²) in [5.41, 5.74) is 0.976. The monoisotopic (exact) mass is 212 g/mol. The maximum Gasteiger partial charge on any atom is 0.290 e. The van der Waals surface area contributed by atoms with Crippen LogP contribution in [0.1, 0.15) is 0 Å². The van der Waals surface area contributed by atoms with Crippen LogP contribution in [-0.2, 0) is 7.05 Å². The fourth-order valence-electron chi connectivity index (χ4n) is 1.18. The number of halogens is 1. The van der Waals surface area contributed by atoms with Crippen molar-refractivity contribution >= 4 is 28.3 Å². The van der Waals surface area contributed by atoms with Crippen LogP contribution in [0.4, 0.5) is 5.69 Å². The van der Waals surface area contributed by atoms with Crippen LogP contribution in [-0.4, -0.2) is 19.9 Å². The van der Waals surface area contributed by atoms with E-state index in [-0.39, 0.29) is 10.7 Å². The molecule has 0 saturated carbocycles. The van der Waals surface area contributed by atoms with Crippen LogP contribution < -0.4 is 0 Å². The average molecular weight is 213 g/mol. The molecule has 0 fully saturated rings. The van der Waals surface area contributed by atoms with Gasteiger partial charge in [-0.25, -0.2) is 4.68 Å². The van der Waals surface area contributed by atoms with Gasteiger partial charge in [-0.3, -0.25) is 10.1 Å². The lowest BCUT2D eigenvalue weighted by Crippen LogP contribution is -1.91. The van der Waals surface area contributed by atoms with Gasteiger partial charge in [0.2, 0.25) is 0 Å². The van der Waals surface area contributed by atoms with E-state index >= 15 is 0 Å². The summed E-state index contributed by atoms with van der Waals surface area (Å²) in [5.74, 6) is 0. The number of aromatic nitrogens is 3. The Morgan fingerprint density at radius 3 is 2.93 bits per heavy atom. The number of rotatable bonds is 1. The first-order chi connectivity index (χ1) is 6.59. The van der Waals surface area contributed by atoms with E-state index < -0.39 is 4.92 Å². The lowest BCUT2D eigenvalue weighted by atomic mass is 10.3. The van der Waals surface area contributed by atoms with E-state index in [1.807, 2.05) is 0 Å². The lowest BCUT2D eigenvalue weighted by Gasteiger charge is -1.95. The molecule has 2 aromatic rings. The van der Waals surface area contributed by atoms with E-state index in [4.69, 9.17) is 11.6 Å². The number of nitrogens with zero attached hydrogens (tertiary/aromatic N) is 4. The molecule has 0 atom stereocenters. The van der Waals surface area contributed by atoms with Crippen LogP contribution >= 0.6 is 11.6 Å². The van der Waals surface area contributed by atoms with E-state index in [9.17, 15) is 10.1 Å². The molecule has 6 nitrogen and oxygen atoms in total. The number of hydrogen-bond acceptors (Lipinski definition) is 4. The second-order valence-electron chi connectivity index (χ2n) is 2.76. The summed E-state index contributed by atoms with van der Waals surface area (Å²) in [4.78, 5) is 9.99. The van der Waals surface area contributed by atoms with Crippen molar-refractivity contribution in [2.75, 3.05) is 0 Å². The quantitative estimate of drug-likeness (QED) is 0.531. The number of nitro groups is 1. The summed E-state index contributed by atoms with van der Waals surface area (Å²) in [6, 6.07) is 2.79. The summed E-state index contributed by atoms with van der Waals surface area (Å²) < 4.78 is 1.50. The highest BCUT2D eigenvalue weighted by Crippen LogP contribution is 2.28. The van der Waals surface area contributed by atoms with Crippen molar-refractivity contribution in [2.24, 2.45) is 7.05 Å². The molecule has 14 heavy (non-hydrogen) atoms. The van der Waals surface area contributed by atoms with Crippen LogP contribution in [0.5, 0.6) is 0 Å². The Balaban J connectivity index is 2.79. The van der Waals surface area contributed by atoms with Gasteiger partial charge < -0.3 is 0 Å². The van der Waals surface area contributed by atoms with E-state index in [0.29, 0.717) is 11.0 Å². The molecule has 0 aliphatic heterocycles. The zero-order valence-electron chi connectivity index (χ0n) is 7.14. The van der Waals surface area contributed by atoms with Gasteiger partial charge in [-0.2, -0.15) is 0 Å². The van der Waals surface area contributed by atoms with Gasteiger partial charge in [0, 0.05) is 13.1 Å². The summed E-state index contributed by atoms with van der Waals surface area (Å²) in [6.07, 6.45) is 0. The normalized spacial score (nSPS) is 10.7. The first-order valence-corrected chi connectivity index (χ1v) is 4.10. The standard InChI is InChI=1S/C7H5ClN4O2/c1-11-7-2-4(8)6(12(13)14)3-5(7)9-10-11/h2-3H,1H3. The fourth-order valence-corrected chi connectivity index (χ4v) is 1.41. The van der Waals surface area contributed by atoms with Gasteiger partial charge in [0.15, 0.2) is 0 Å². The van der Waals surface area contributed by atoms with Crippen LogP contribution in [0, 0.1) is 10.1 Å². The van der Waals surface area contributed by atoms with Gasteiger partial charge in [-0.05, 0) is 6.07 Å². The SMILES string of the molecule is Cn1nnc2cc([N+](=O)[O-])c(Cl)cc21. The average Bonchev–Trinajstić information content (AvgIpc) is 2.46. The van der Waals surface area contributed by atoms with E-state index in [1.54, 1.807) is 7.05 Å². The Kier molecular flexibility index (Phi) is 1.85. The fraction of sp³-hybridized carbons (Fsp3) is 0.143. The summed E-state index contributed by atoms with van der Waals surface area (Å²) in [6.45, 7) is 0. The molecule has 1 heterocycles. The summed E-state index contributed by atoms with van der Waals surface area (Å²) >= 11 is 5.72. The molecule has 0 aliphatic carbocycles. The van der Waals surface area contributed by atoms with Crippen molar-refractivity contribution in [1.82, 2.24) is 15.0 Å². The van der Waals surface area contributed by atoms with E-state index in [0.717, 1.165) is 0 Å². The Bertz CT molecular complexity index is 522. The molecule has 0 saturated heterocycles. The van der Waals surface area contributed by atoms with Crippen molar-refractivity contribution in [3.63, 3.8) is 0 Å². The third kappa shape index (κ3) is 1.20. The third-order valence-electron chi connectivity index (χ3n) is 1.88. The van der Waals surface area contributed by atoms with Gasteiger partial charge in [0.05, 0.1) is 10.4 Å². The minimum absolute atomic E-state index is 0.0906. The van der Waals surface area contributed by atoms with Crippen molar-refractivity contribution in [1.29, 1.82) is 0 Å². The Labute approximate surface area is 83.2 Å². The molecule has 0 aliphatic rings. The molecule has 0 radical (unpaired) electrons. The molecule has 7 heteroatoms. The molecule has 0 spiro atoms. The third-order valence-corrected chi connectivity index (χ3v) is 2.18. The Morgan fingerprint density at radius 2 is 2.29 bits per heavy atom. The Hall–Kier alpha value is -1.69. The predicted molar refractivity (Wildman–Crippen MR) is 50.2 cm³/mol. The van der Waals surface area contributed by atoms with Gasteiger partial charge in [-0.15, -0.1) is 5.10 Å². The molecule has 0 bridgehead atoms. The minimum atomic E-state index is -0.545. The molecule has 1 aromatic heterocycles. The molecule has 0 amide bonds. The van der Waals surface area contributed by atoms with Crippen molar-refractivity contribution < 1.29 is 4.92 Å². The van der Waals surface area contributed by atoms with Crippen molar-refractivity contribution in [3.05, 3.63) is 27.3 Å². The van der Waals surface area contributed by atoms with E-state index in [2.05, 4.69) is 10.3 Å². The van der Waals surface area contributed by atoms with Gasteiger partial charge in [0.1, 0.15) is 10.5 Å². The minimum Gasteiger partial charge on any atom is -0.258 e. The van der Waals surface area contributed by atoms with Crippen LogP contribution in [0.25, 0.3) is 11.0 Å². The largest absolute Gasteiger partial charge is 0.290 e. The van der Waals surface area contributed by atoms with Crippen molar-refractivity contribution in [2.45, 2.75) is 0 Å². The number of aryl methyl sites for hydroxylation is 1. The molecule has 2 rings (SSSR count). The number of nitro benzene ring substituents is 1.